The predicted octanol–water partition coefficient (Wildman–Crippen LogP) is 3.25. The molecule has 21 heavy (non-hydrogen) atoms. The van der Waals surface area contributed by atoms with Crippen LogP contribution in [0.1, 0.15) is 31.1 Å². The quantitative estimate of drug-likeness (QED) is 0.641. The number of hydrogen-bond donors (Lipinski definition) is 2. The van der Waals surface area contributed by atoms with E-state index in [-0.39, 0.29) is 6.04 Å². The fourth-order valence-electron chi connectivity index (χ4n) is 1.91. The lowest BCUT2D eigenvalue weighted by molar-refractivity contribution is 0.412. The molecule has 0 amide bonds. The lowest BCUT2D eigenvalue weighted by Crippen LogP contribution is -2.38. The van der Waals surface area contributed by atoms with Gasteiger partial charge >= 0.3 is 0 Å². The van der Waals surface area contributed by atoms with Crippen LogP contribution in [0.25, 0.3) is 0 Å². The van der Waals surface area contributed by atoms with Crippen LogP contribution in [0.3, 0.4) is 0 Å². The van der Waals surface area contributed by atoms with Gasteiger partial charge < -0.3 is 15.2 Å². The number of nitrogens with one attached hydrogen (secondary N) is 2. The summed E-state index contributed by atoms with van der Waals surface area (Å²) in [6.07, 6.45) is 1.55. The van der Waals surface area contributed by atoms with Crippen molar-refractivity contribution < 1.29 is 4.52 Å². The van der Waals surface area contributed by atoms with Gasteiger partial charge in [-0.2, -0.15) is 0 Å². The Kier molecular flexibility index (Phi) is 5.80. The van der Waals surface area contributed by atoms with Crippen LogP contribution in [0.4, 0.5) is 0 Å². The van der Waals surface area contributed by atoms with Crippen LogP contribution in [-0.4, -0.2) is 17.7 Å². The van der Waals surface area contributed by atoms with Crippen molar-refractivity contribution in [1.82, 2.24) is 15.8 Å². The van der Waals surface area contributed by atoms with Gasteiger partial charge in [0.05, 0.1) is 12.6 Å². The summed E-state index contributed by atoms with van der Waals surface area (Å²) in [6, 6.07) is 10.1. The normalized spacial score (nSPS) is 13.0. The standard InChI is InChI=1S/C15H19BrN4O/c1-3-17-15(18-10-12-8-9-21-20-12)19-11(2)13-6-4-5-7-14(13)16/h4-9,11H,3,10H2,1-2H3,(H2,17,18,19). The zero-order valence-electron chi connectivity index (χ0n) is 12.1. The Hall–Kier alpha value is -1.82. The van der Waals surface area contributed by atoms with Crippen molar-refractivity contribution in [3.63, 3.8) is 0 Å². The van der Waals surface area contributed by atoms with E-state index in [9.17, 15) is 0 Å². The molecule has 0 aliphatic heterocycles. The van der Waals surface area contributed by atoms with E-state index in [1.54, 1.807) is 6.26 Å². The fourth-order valence-corrected chi connectivity index (χ4v) is 2.54. The van der Waals surface area contributed by atoms with E-state index in [0.29, 0.717) is 6.54 Å². The molecule has 0 spiro atoms. The maximum absolute atomic E-state index is 4.81. The molecule has 2 aromatic rings. The summed E-state index contributed by atoms with van der Waals surface area (Å²) in [4.78, 5) is 4.51. The Labute approximate surface area is 133 Å². The van der Waals surface area contributed by atoms with Crippen molar-refractivity contribution in [1.29, 1.82) is 0 Å². The second-order valence-electron chi connectivity index (χ2n) is 4.57. The van der Waals surface area contributed by atoms with Crippen molar-refractivity contribution in [2.75, 3.05) is 6.54 Å². The Morgan fingerprint density at radius 1 is 1.38 bits per heavy atom. The molecule has 0 fully saturated rings. The van der Waals surface area contributed by atoms with Crippen molar-refractivity contribution in [2.45, 2.75) is 26.4 Å². The Morgan fingerprint density at radius 3 is 2.86 bits per heavy atom. The largest absolute Gasteiger partial charge is 0.364 e. The number of rotatable bonds is 5. The smallest absolute Gasteiger partial charge is 0.192 e. The van der Waals surface area contributed by atoms with Crippen LogP contribution < -0.4 is 10.6 Å². The Bertz CT molecular complexity index is 583. The van der Waals surface area contributed by atoms with Gasteiger partial charge in [-0.25, -0.2) is 4.99 Å². The van der Waals surface area contributed by atoms with E-state index in [2.05, 4.69) is 49.7 Å². The molecule has 0 aliphatic carbocycles. The maximum Gasteiger partial charge on any atom is 0.192 e. The molecule has 0 aliphatic rings. The molecular weight excluding hydrogens is 332 g/mol. The van der Waals surface area contributed by atoms with E-state index >= 15 is 0 Å². The zero-order chi connectivity index (χ0) is 15.1. The van der Waals surface area contributed by atoms with Crippen LogP contribution in [-0.2, 0) is 6.54 Å². The summed E-state index contributed by atoms with van der Waals surface area (Å²) < 4.78 is 5.89. The molecule has 1 aromatic heterocycles. The van der Waals surface area contributed by atoms with E-state index in [1.165, 1.54) is 5.56 Å². The average molecular weight is 351 g/mol. The Morgan fingerprint density at radius 2 is 2.19 bits per heavy atom. The summed E-state index contributed by atoms with van der Waals surface area (Å²) in [5.41, 5.74) is 1.99. The van der Waals surface area contributed by atoms with Crippen LogP contribution in [0.15, 0.2) is 50.6 Å². The summed E-state index contributed by atoms with van der Waals surface area (Å²) in [5, 5.41) is 10.5. The summed E-state index contributed by atoms with van der Waals surface area (Å²) in [6.45, 7) is 5.42. The van der Waals surface area contributed by atoms with E-state index < -0.39 is 0 Å². The first-order chi connectivity index (χ1) is 10.2. The van der Waals surface area contributed by atoms with Gasteiger partial charge in [0, 0.05) is 17.1 Å². The van der Waals surface area contributed by atoms with Gasteiger partial charge in [0.15, 0.2) is 5.96 Å². The van der Waals surface area contributed by atoms with Gasteiger partial charge in [-0.05, 0) is 25.5 Å². The summed E-state index contributed by atoms with van der Waals surface area (Å²) in [7, 11) is 0. The van der Waals surface area contributed by atoms with E-state index in [4.69, 9.17) is 4.52 Å². The highest BCUT2D eigenvalue weighted by molar-refractivity contribution is 9.10. The van der Waals surface area contributed by atoms with Crippen LogP contribution in [0, 0.1) is 0 Å². The van der Waals surface area contributed by atoms with Gasteiger partial charge in [-0.1, -0.05) is 39.3 Å². The number of aliphatic imine (C=N–C) groups is 1. The minimum absolute atomic E-state index is 0.135. The molecule has 6 heteroatoms. The predicted molar refractivity (Wildman–Crippen MR) is 87.0 cm³/mol. The van der Waals surface area contributed by atoms with E-state index in [0.717, 1.165) is 22.7 Å². The first-order valence-corrected chi connectivity index (χ1v) is 7.68. The third-order valence-corrected chi connectivity index (χ3v) is 3.68. The van der Waals surface area contributed by atoms with Crippen LogP contribution in [0.2, 0.25) is 0 Å². The highest BCUT2D eigenvalue weighted by Gasteiger charge is 2.10. The molecule has 112 valence electrons. The molecule has 1 atom stereocenters. The van der Waals surface area contributed by atoms with Crippen molar-refractivity contribution in [3.8, 4) is 0 Å². The zero-order valence-corrected chi connectivity index (χ0v) is 13.7. The molecule has 5 nitrogen and oxygen atoms in total. The first-order valence-electron chi connectivity index (χ1n) is 6.89. The van der Waals surface area contributed by atoms with Gasteiger partial charge in [-0.15, -0.1) is 0 Å². The number of halogens is 1. The first kappa shape index (κ1) is 15.6. The van der Waals surface area contributed by atoms with Crippen molar-refractivity contribution in [2.24, 2.45) is 4.99 Å². The van der Waals surface area contributed by atoms with Gasteiger partial charge in [0.25, 0.3) is 0 Å². The van der Waals surface area contributed by atoms with E-state index in [1.807, 2.05) is 31.2 Å². The topological polar surface area (TPSA) is 62.5 Å². The fraction of sp³-hybridized carbons (Fsp3) is 0.333. The summed E-state index contributed by atoms with van der Waals surface area (Å²) >= 11 is 3.57. The summed E-state index contributed by atoms with van der Waals surface area (Å²) in [5.74, 6) is 0.753. The minimum atomic E-state index is 0.135. The van der Waals surface area contributed by atoms with Crippen molar-refractivity contribution >= 4 is 21.9 Å². The van der Waals surface area contributed by atoms with Gasteiger partial charge in [0.1, 0.15) is 12.0 Å². The number of aromatic nitrogens is 1. The maximum atomic E-state index is 4.81. The lowest BCUT2D eigenvalue weighted by atomic mass is 10.1. The highest BCUT2D eigenvalue weighted by Crippen LogP contribution is 2.22. The molecule has 1 unspecified atom stereocenters. The third-order valence-electron chi connectivity index (χ3n) is 2.96. The molecular formula is C15H19BrN4O. The third kappa shape index (κ3) is 4.60. The SMILES string of the molecule is CCNC(=NCc1ccon1)NC(C)c1ccccc1Br. The number of hydrogen-bond acceptors (Lipinski definition) is 3. The molecule has 2 rings (SSSR count). The second kappa shape index (κ2) is 7.83. The number of guanidine groups is 1. The van der Waals surface area contributed by atoms with Gasteiger partial charge in [0.2, 0.25) is 0 Å². The van der Waals surface area contributed by atoms with Gasteiger partial charge in [-0.3, -0.25) is 0 Å². The number of benzene rings is 1. The molecule has 0 bridgehead atoms. The molecule has 0 radical (unpaired) electrons. The number of nitrogens with zero attached hydrogens (tertiary/aromatic N) is 2. The Balaban J connectivity index is 2.05. The monoisotopic (exact) mass is 350 g/mol. The lowest BCUT2D eigenvalue weighted by Gasteiger charge is -2.19. The molecule has 1 aromatic carbocycles. The minimum Gasteiger partial charge on any atom is -0.364 e. The van der Waals surface area contributed by atoms with Crippen LogP contribution in [0.5, 0.6) is 0 Å². The molecule has 0 saturated heterocycles. The molecule has 0 saturated carbocycles. The van der Waals surface area contributed by atoms with Crippen molar-refractivity contribution in [3.05, 3.63) is 52.3 Å². The second-order valence-corrected chi connectivity index (χ2v) is 5.43. The average Bonchev–Trinajstić information content (AvgIpc) is 2.98. The highest BCUT2D eigenvalue weighted by atomic mass is 79.9. The molecule has 2 N–H and O–H groups in total. The van der Waals surface area contributed by atoms with Crippen LogP contribution >= 0.6 is 15.9 Å². The molecule has 1 heterocycles.